The fraction of sp³-hybridized carbons (Fsp3) is 0. The lowest BCUT2D eigenvalue weighted by molar-refractivity contribution is 0.0695. The topological polar surface area (TPSA) is 85.3 Å². The molecule has 26 heavy (non-hydrogen) atoms. The smallest absolute Gasteiger partial charge is 0.341 e. The number of fused-ring (bicyclic) bond motifs is 1. The molecule has 3 N–H and O–H groups in total. The van der Waals surface area contributed by atoms with Crippen LogP contribution in [0.3, 0.4) is 0 Å². The van der Waals surface area contributed by atoms with Gasteiger partial charge in [0.05, 0.1) is 26.8 Å². The highest BCUT2D eigenvalue weighted by atomic mass is 79.9. The number of pyridine rings is 1. The van der Waals surface area contributed by atoms with Crippen molar-refractivity contribution in [2.24, 2.45) is 0 Å². The van der Waals surface area contributed by atoms with E-state index < -0.39 is 61.5 Å². The molecule has 0 fully saturated rings. The Labute approximate surface area is 150 Å². The van der Waals surface area contributed by atoms with E-state index >= 15 is 0 Å². The molecule has 10 heteroatoms. The number of aromatic nitrogens is 1. The van der Waals surface area contributed by atoms with Crippen LogP contribution in [0.25, 0.3) is 16.6 Å². The summed E-state index contributed by atoms with van der Waals surface area (Å²) in [6, 6.07) is 1.79. The van der Waals surface area contributed by atoms with Gasteiger partial charge in [-0.3, -0.25) is 4.79 Å². The molecule has 0 aliphatic carbocycles. The SMILES string of the molecule is Nc1cc(-n2cc(C(=O)O)c(=O)c3cc(F)c(F)c(Br)c32)c(F)cc1F. The quantitative estimate of drug-likeness (QED) is 0.369. The number of carbonyl (C=O) groups is 1. The van der Waals surface area contributed by atoms with Crippen LogP contribution in [0.5, 0.6) is 0 Å². The van der Waals surface area contributed by atoms with Crippen LogP contribution in [-0.2, 0) is 0 Å². The van der Waals surface area contributed by atoms with Gasteiger partial charge in [0.15, 0.2) is 11.6 Å². The molecule has 0 saturated carbocycles. The Kier molecular flexibility index (Phi) is 4.23. The first-order chi connectivity index (χ1) is 12.1. The van der Waals surface area contributed by atoms with Gasteiger partial charge in [-0.05, 0) is 28.1 Å². The molecular weight excluding hydrogens is 424 g/mol. The van der Waals surface area contributed by atoms with Crippen LogP contribution in [-0.4, -0.2) is 15.6 Å². The van der Waals surface area contributed by atoms with E-state index in [2.05, 4.69) is 15.9 Å². The van der Waals surface area contributed by atoms with E-state index in [0.29, 0.717) is 12.1 Å². The van der Waals surface area contributed by atoms with Crippen molar-refractivity contribution in [3.8, 4) is 5.69 Å². The minimum absolute atomic E-state index is 0.344. The Morgan fingerprint density at radius 1 is 1.08 bits per heavy atom. The molecule has 0 amide bonds. The fourth-order valence-electron chi connectivity index (χ4n) is 2.47. The highest BCUT2D eigenvalue weighted by molar-refractivity contribution is 9.10. The highest BCUT2D eigenvalue weighted by Crippen LogP contribution is 2.31. The highest BCUT2D eigenvalue weighted by Gasteiger charge is 2.23. The second-order valence-corrected chi connectivity index (χ2v) is 6.05. The maximum absolute atomic E-state index is 14.3. The number of rotatable bonds is 2. The molecule has 0 aliphatic heterocycles. The summed E-state index contributed by atoms with van der Waals surface area (Å²) in [7, 11) is 0. The van der Waals surface area contributed by atoms with Crippen molar-refractivity contribution in [3.05, 3.63) is 67.9 Å². The summed E-state index contributed by atoms with van der Waals surface area (Å²) in [5.74, 6) is -6.66. The zero-order valence-corrected chi connectivity index (χ0v) is 14.1. The van der Waals surface area contributed by atoms with Crippen molar-refractivity contribution in [3.63, 3.8) is 0 Å². The number of benzene rings is 2. The van der Waals surface area contributed by atoms with E-state index in [0.717, 1.165) is 16.8 Å². The molecule has 2 aromatic carbocycles. The van der Waals surface area contributed by atoms with Gasteiger partial charge < -0.3 is 15.4 Å². The summed E-state index contributed by atoms with van der Waals surface area (Å²) in [5.41, 5.74) is 2.22. The number of nitrogens with two attached hydrogens (primary N) is 1. The third-order valence-electron chi connectivity index (χ3n) is 3.68. The maximum atomic E-state index is 14.3. The number of anilines is 1. The van der Waals surface area contributed by atoms with Crippen LogP contribution in [0.2, 0.25) is 0 Å². The van der Waals surface area contributed by atoms with Gasteiger partial charge in [-0.15, -0.1) is 0 Å². The third-order valence-corrected chi connectivity index (χ3v) is 4.40. The average molecular weight is 431 g/mol. The predicted molar refractivity (Wildman–Crippen MR) is 88.4 cm³/mol. The Morgan fingerprint density at radius 2 is 1.73 bits per heavy atom. The number of carboxylic acid groups (broad SMARTS) is 1. The van der Waals surface area contributed by atoms with E-state index in [1.807, 2.05) is 0 Å². The number of carboxylic acids is 1. The molecule has 0 spiro atoms. The molecule has 0 radical (unpaired) electrons. The number of hydrogen-bond donors (Lipinski definition) is 2. The number of aromatic carboxylic acids is 1. The molecule has 3 rings (SSSR count). The third kappa shape index (κ3) is 2.62. The largest absolute Gasteiger partial charge is 0.477 e. The van der Waals surface area contributed by atoms with Crippen LogP contribution in [0.15, 0.2) is 33.7 Å². The van der Waals surface area contributed by atoms with Gasteiger partial charge in [0.25, 0.3) is 0 Å². The molecule has 0 saturated heterocycles. The number of halogens is 5. The normalized spacial score (nSPS) is 11.1. The zero-order chi connectivity index (χ0) is 19.3. The summed E-state index contributed by atoms with van der Waals surface area (Å²) >= 11 is 2.78. The molecule has 5 nitrogen and oxygen atoms in total. The van der Waals surface area contributed by atoms with Crippen molar-refractivity contribution in [1.29, 1.82) is 0 Å². The van der Waals surface area contributed by atoms with E-state index in [1.54, 1.807) is 0 Å². The molecule has 134 valence electrons. The summed E-state index contributed by atoms with van der Waals surface area (Å²) in [4.78, 5) is 23.6. The summed E-state index contributed by atoms with van der Waals surface area (Å²) in [5, 5.41) is 8.67. The van der Waals surface area contributed by atoms with Gasteiger partial charge in [-0.25, -0.2) is 22.4 Å². The van der Waals surface area contributed by atoms with Crippen LogP contribution >= 0.6 is 15.9 Å². The van der Waals surface area contributed by atoms with Gasteiger partial charge in [0, 0.05) is 12.3 Å². The first-order valence-electron chi connectivity index (χ1n) is 6.84. The molecule has 1 aromatic heterocycles. The summed E-state index contributed by atoms with van der Waals surface area (Å²) < 4.78 is 55.6. The molecular formula is C16H7BrF4N2O3. The lowest BCUT2D eigenvalue weighted by atomic mass is 10.1. The fourth-order valence-corrected chi connectivity index (χ4v) is 3.07. The minimum Gasteiger partial charge on any atom is -0.477 e. The molecule has 0 atom stereocenters. The van der Waals surface area contributed by atoms with E-state index in [-0.39, 0.29) is 5.52 Å². The summed E-state index contributed by atoms with van der Waals surface area (Å²) in [6.07, 6.45) is 0.727. The van der Waals surface area contributed by atoms with E-state index in [4.69, 9.17) is 5.73 Å². The number of nitrogen functional groups attached to an aromatic ring is 1. The van der Waals surface area contributed by atoms with Crippen molar-refractivity contribution >= 4 is 38.5 Å². The van der Waals surface area contributed by atoms with Gasteiger partial charge in [0.2, 0.25) is 5.43 Å². The van der Waals surface area contributed by atoms with Crippen LogP contribution in [0.4, 0.5) is 23.2 Å². The zero-order valence-electron chi connectivity index (χ0n) is 12.5. The lowest BCUT2D eigenvalue weighted by Gasteiger charge is -2.16. The Balaban J connectivity index is 2.59. The van der Waals surface area contributed by atoms with Crippen LogP contribution in [0.1, 0.15) is 10.4 Å². The van der Waals surface area contributed by atoms with Gasteiger partial charge in [0.1, 0.15) is 17.2 Å². The second kappa shape index (κ2) is 6.13. The molecule has 0 aliphatic rings. The van der Waals surface area contributed by atoms with Crippen molar-refractivity contribution in [2.75, 3.05) is 5.73 Å². The van der Waals surface area contributed by atoms with Gasteiger partial charge in [-0.1, -0.05) is 0 Å². The van der Waals surface area contributed by atoms with Crippen molar-refractivity contribution in [1.82, 2.24) is 4.57 Å². The molecule has 0 unspecified atom stereocenters. The van der Waals surface area contributed by atoms with Crippen molar-refractivity contribution in [2.45, 2.75) is 0 Å². The van der Waals surface area contributed by atoms with Gasteiger partial charge in [-0.2, -0.15) is 0 Å². The minimum atomic E-state index is -1.66. The standard InChI is InChI=1S/C16H7BrF4N2O3/c17-12-13(21)9(20)1-5-14(12)23(4-6(15(5)24)16(25)26)11-3-10(22)7(18)2-8(11)19/h1-4H,22H2,(H,25,26). The Hall–Kier alpha value is -2.88. The first kappa shape index (κ1) is 17.9. The summed E-state index contributed by atoms with van der Waals surface area (Å²) in [6.45, 7) is 0. The van der Waals surface area contributed by atoms with Crippen molar-refractivity contribution < 1.29 is 27.5 Å². The Morgan fingerprint density at radius 3 is 2.35 bits per heavy atom. The second-order valence-electron chi connectivity index (χ2n) is 5.25. The Bertz CT molecular complexity index is 1160. The molecule has 0 bridgehead atoms. The average Bonchev–Trinajstić information content (AvgIpc) is 2.57. The lowest BCUT2D eigenvalue weighted by Crippen LogP contribution is -2.20. The molecule has 3 aromatic rings. The predicted octanol–water partition coefficient (Wildman–Crippen LogP) is 3.59. The molecule has 1 heterocycles. The number of nitrogens with zero attached hydrogens (tertiary/aromatic N) is 1. The van der Waals surface area contributed by atoms with E-state index in [1.165, 1.54) is 0 Å². The first-order valence-corrected chi connectivity index (χ1v) is 7.63. The van der Waals surface area contributed by atoms with E-state index in [9.17, 15) is 32.3 Å². The monoisotopic (exact) mass is 430 g/mol. The van der Waals surface area contributed by atoms with Crippen LogP contribution in [0, 0.1) is 23.3 Å². The van der Waals surface area contributed by atoms with Crippen LogP contribution < -0.4 is 11.2 Å². The maximum Gasteiger partial charge on any atom is 0.341 e. The number of hydrogen-bond acceptors (Lipinski definition) is 3. The van der Waals surface area contributed by atoms with Gasteiger partial charge >= 0.3 is 5.97 Å².